The number of benzene rings is 2. The summed E-state index contributed by atoms with van der Waals surface area (Å²) in [5, 5.41) is 3.02. The highest BCUT2D eigenvalue weighted by Gasteiger charge is 2.15. The molecule has 0 radical (unpaired) electrons. The van der Waals surface area contributed by atoms with Crippen LogP contribution in [0.1, 0.15) is 30.5 Å². The first-order valence-corrected chi connectivity index (χ1v) is 7.98. The maximum Gasteiger partial charge on any atom is 0.231 e. The summed E-state index contributed by atoms with van der Waals surface area (Å²) in [6.07, 6.45) is 1.07. The molecule has 0 aromatic heterocycles. The zero-order valence-electron chi connectivity index (χ0n) is 13.9. The molecule has 0 saturated carbocycles. The maximum atomic E-state index is 12.2. The summed E-state index contributed by atoms with van der Waals surface area (Å²) in [5.74, 6) is 2.29. The standard InChI is InChI=1S/C19H21NO4/c1-13(15-5-3-4-6-16(15)22-2)20-19(21)10-8-14-7-9-17-18(11-14)24-12-23-17/h3-7,9,11,13H,8,10,12H2,1-2H3,(H,20,21)/t13-/m0/s1. The summed E-state index contributed by atoms with van der Waals surface area (Å²) in [5.41, 5.74) is 2.02. The quantitative estimate of drug-likeness (QED) is 0.885. The summed E-state index contributed by atoms with van der Waals surface area (Å²) < 4.78 is 16.0. The van der Waals surface area contributed by atoms with Crippen LogP contribution >= 0.6 is 0 Å². The molecule has 126 valence electrons. The highest BCUT2D eigenvalue weighted by atomic mass is 16.7. The topological polar surface area (TPSA) is 56.8 Å². The molecular formula is C19H21NO4. The van der Waals surface area contributed by atoms with Crippen molar-refractivity contribution in [3.05, 3.63) is 53.6 Å². The average molecular weight is 327 g/mol. The largest absolute Gasteiger partial charge is 0.496 e. The van der Waals surface area contributed by atoms with Crippen LogP contribution in [0.15, 0.2) is 42.5 Å². The van der Waals surface area contributed by atoms with E-state index in [9.17, 15) is 4.79 Å². The molecule has 1 heterocycles. The molecule has 0 spiro atoms. The zero-order valence-corrected chi connectivity index (χ0v) is 13.9. The van der Waals surface area contributed by atoms with Gasteiger partial charge in [0.1, 0.15) is 5.75 Å². The van der Waals surface area contributed by atoms with E-state index in [2.05, 4.69) is 5.32 Å². The molecule has 2 aromatic rings. The lowest BCUT2D eigenvalue weighted by Gasteiger charge is -2.17. The predicted molar refractivity (Wildman–Crippen MR) is 90.4 cm³/mol. The predicted octanol–water partition coefficient (Wildman–Crippen LogP) is 3.23. The minimum atomic E-state index is -0.106. The highest BCUT2D eigenvalue weighted by molar-refractivity contribution is 5.76. The van der Waals surface area contributed by atoms with E-state index in [1.54, 1.807) is 7.11 Å². The average Bonchev–Trinajstić information content (AvgIpc) is 3.07. The third-order valence-corrected chi connectivity index (χ3v) is 4.06. The fourth-order valence-corrected chi connectivity index (χ4v) is 2.77. The Hall–Kier alpha value is -2.69. The number of carbonyl (C=O) groups excluding carboxylic acids is 1. The van der Waals surface area contributed by atoms with Crippen molar-refractivity contribution in [3.8, 4) is 17.2 Å². The molecule has 0 fully saturated rings. The molecule has 2 aromatic carbocycles. The van der Waals surface area contributed by atoms with Crippen molar-refractivity contribution in [2.45, 2.75) is 25.8 Å². The number of fused-ring (bicyclic) bond motifs is 1. The summed E-state index contributed by atoms with van der Waals surface area (Å²) >= 11 is 0. The second-order valence-corrected chi connectivity index (χ2v) is 5.72. The SMILES string of the molecule is COc1ccccc1[C@H](C)NC(=O)CCc1ccc2c(c1)OCO2. The second kappa shape index (κ2) is 7.25. The molecule has 0 bridgehead atoms. The van der Waals surface area contributed by atoms with Crippen LogP contribution in [0.4, 0.5) is 0 Å². The molecule has 0 aliphatic carbocycles. The third-order valence-electron chi connectivity index (χ3n) is 4.06. The molecule has 1 atom stereocenters. The Balaban J connectivity index is 1.55. The second-order valence-electron chi connectivity index (χ2n) is 5.72. The van der Waals surface area contributed by atoms with Gasteiger partial charge in [-0.15, -0.1) is 0 Å². The Morgan fingerprint density at radius 1 is 1.21 bits per heavy atom. The summed E-state index contributed by atoms with van der Waals surface area (Å²) in [6, 6.07) is 13.4. The van der Waals surface area contributed by atoms with E-state index in [4.69, 9.17) is 14.2 Å². The molecule has 24 heavy (non-hydrogen) atoms. The molecule has 1 amide bonds. The van der Waals surface area contributed by atoms with Gasteiger partial charge in [-0.3, -0.25) is 4.79 Å². The fraction of sp³-hybridized carbons (Fsp3) is 0.316. The van der Waals surface area contributed by atoms with E-state index in [-0.39, 0.29) is 18.7 Å². The lowest BCUT2D eigenvalue weighted by Crippen LogP contribution is -2.27. The number of amides is 1. The van der Waals surface area contributed by atoms with E-state index in [1.807, 2.05) is 49.4 Å². The fourth-order valence-electron chi connectivity index (χ4n) is 2.77. The first-order valence-electron chi connectivity index (χ1n) is 7.98. The van der Waals surface area contributed by atoms with Gasteiger partial charge >= 0.3 is 0 Å². The molecule has 1 aliphatic rings. The van der Waals surface area contributed by atoms with E-state index in [0.29, 0.717) is 12.8 Å². The van der Waals surface area contributed by atoms with E-state index >= 15 is 0 Å². The van der Waals surface area contributed by atoms with Crippen molar-refractivity contribution in [1.29, 1.82) is 0 Å². The van der Waals surface area contributed by atoms with Crippen LogP contribution in [-0.2, 0) is 11.2 Å². The summed E-state index contributed by atoms with van der Waals surface area (Å²) in [4.78, 5) is 12.2. The van der Waals surface area contributed by atoms with Crippen molar-refractivity contribution in [1.82, 2.24) is 5.32 Å². The van der Waals surface area contributed by atoms with Crippen LogP contribution in [0.5, 0.6) is 17.2 Å². The van der Waals surface area contributed by atoms with Crippen LogP contribution in [0, 0.1) is 0 Å². The lowest BCUT2D eigenvalue weighted by atomic mass is 10.1. The first-order chi connectivity index (χ1) is 11.7. The summed E-state index contributed by atoms with van der Waals surface area (Å²) in [7, 11) is 1.63. The number of ether oxygens (including phenoxy) is 3. The third kappa shape index (κ3) is 3.62. The molecule has 5 heteroatoms. The molecular weight excluding hydrogens is 306 g/mol. The van der Waals surface area contributed by atoms with Gasteiger partial charge in [0.25, 0.3) is 0 Å². The molecule has 3 rings (SSSR count). The smallest absolute Gasteiger partial charge is 0.231 e. The van der Waals surface area contributed by atoms with Gasteiger partial charge in [-0.1, -0.05) is 24.3 Å². The van der Waals surface area contributed by atoms with E-state index < -0.39 is 0 Å². The van der Waals surface area contributed by atoms with Crippen LogP contribution in [0.2, 0.25) is 0 Å². The van der Waals surface area contributed by atoms with Crippen molar-refractivity contribution in [2.75, 3.05) is 13.9 Å². The van der Waals surface area contributed by atoms with Crippen molar-refractivity contribution in [3.63, 3.8) is 0 Å². The van der Waals surface area contributed by atoms with Crippen LogP contribution in [0.25, 0.3) is 0 Å². The van der Waals surface area contributed by atoms with Gasteiger partial charge in [-0.2, -0.15) is 0 Å². The van der Waals surface area contributed by atoms with Crippen LogP contribution in [0.3, 0.4) is 0 Å². The van der Waals surface area contributed by atoms with Gasteiger partial charge in [-0.05, 0) is 37.1 Å². The lowest BCUT2D eigenvalue weighted by molar-refractivity contribution is -0.121. The van der Waals surface area contributed by atoms with Gasteiger partial charge in [0, 0.05) is 12.0 Å². The Morgan fingerprint density at radius 3 is 2.83 bits per heavy atom. The molecule has 1 N–H and O–H groups in total. The number of carbonyl (C=O) groups is 1. The Bertz CT molecular complexity index is 729. The minimum Gasteiger partial charge on any atom is -0.496 e. The molecule has 5 nitrogen and oxygen atoms in total. The minimum absolute atomic E-state index is 0.00562. The molecule has 0 unspecified atom stereocenters. The Labute approximate surface area is 141 Å². The Kier molecular flexibility index (Phi) is 4.89. The first kappa shape index (κ1) is 16.2. The number of hydrogen-bond acceptors (Lipinski definition) is 4. The summed E-state index contributed by atoms with van der Waals surface area (Å²) in [6.45, 7) is 2.21. The monoisotopic (exact) mass is 327 g/mol. The number of para-hydroxylation sites is 1. The Morgan fingerprint density at radius 2 is 2.00 bits per heavy atom. The van der Waals surface area contributed by atoms with Crippen LogP contribution in [-0.4, -0.2) is 19.8 Å². The van der Waals surface area contributed by atoms with Gasteiger partial charge in [0.2, 0.25) is 12.7 Å². The number of nitrogens with one attached hydrogen (secondary N) is 1. The van der Waals surface area contributed by atoms with E-state index in [0.717, 1.165) is 28.4 Å². The number of aryl methyl sites for hydroxylation is 1. The van der Waals surface area contributed by atoms with Crippen LogP contribution < -0.4 is 19.5 Å². The number of methoxy groups -OCH3 is 1. The molecule has 0 saturated heterocycles. The van der Waals surface area contributed by atoms with Gasteiger partial charge in [0.05, 0.1) is 13.2 Å². The van der Waals surface area contributed by atoms with Crippen molar-refractivity contribution in [2.24, 2.45) is 0 Å². The maximum absolute atomic E-state index is 12.2. The number of rotatable bonds is 6. The van der Waals surface area contributed by atoms with Gasteiger partial charge in [0.15, 0.2) is 11.5 Å². The highest BCUT2D eigenvalue weighted by Crippen LogP contribution is 2.32. The normalized spacial score (nSPS) is 13.4. The van der Waals surface area contributed by atoms with Crippen molar-refractivity contribution >= 4 is 5.91 Å². The zero-order chi connectivity index (χ0) is 16.9. The number of hydrogen-bond donors (Lipinski definition) is 1. The van der Waals surface area contributed by atoms with Gasteiger partial charge in [-0.25, -0.2) is 0 Å². The van der Waals surface area contributed by atoms with Crippen molar-refractivity contribution < 1.29 is 19.0 Å². The molecule has 1 aliphatic heterocycles. The van der Waals surface area contributed by atoms with Gasteiger partial charge < -0.3 is 19.5 Å². The van der Waals surface area contributed by atoms with E-state index in [1.165, 1.54) is 0 Å².